The number of nitrogens with one attached hydrogen (secondary N) is 2. The summed E-state index contributed by atoms with van der Waals surface area (Å²) < 4.78 is 5.76. The lowest BCUT2D eigenvalue weighted by Crippen LogP contribution is -2.19. The van der Waals surface area contributed by atoms with Crippen molar-refractivity contribution in [2.75, 3.05) is 27.2 Å². The van der Waals surface area contributed by atoms with E-state index in [1.165, 1.54) is 18.3 Å². The number of carbonyl (C=O) groups is 1. The molecule has 0 amide bonds. The Bertz CT molecular complexity index is 1380. The zero-order chi connectivity index (χ0) is 24.2. The minimum absolute atomic E-state index is 0.0219. The molecule has 0 saturated carbocycles. The second kappa shape index (κ2) is 9.94. The number of aromatic nitrogens is 3. The number of carboxylic acid groups (broad SMARTS) is 1. The number of H-pyrrole nitrogens is 2. The van der Waals surface area contributed by atoms with Gasteiger partial charge in [-0.05, 0) is 50.5 Å². The largest absolute Gasteiger partial charge is 0.492 e. The van der Waals surface area contributed by atoms with Gasteiger partial charge in [0, 0.05) is 35.5 Å². The fourth-order valence-corrected chi connectivity index (χ4v) is 3.75. The molecule has 4 rings (SSSR count). The maximum Gasteiger partial charge on any atom is 0.337 e. The predicted molar refractivity (Wildman–Crippen MR) is 132 cm³/mol. The molecule has 0 aliphatic heterocycles. The van der Waals surface area contributed by atoms with Crippen LogP contribution in [0.1, 0.15) is 10.4 Å². The highest BCUT2D eigenvalue weighted by Crippen LogP contribution is 2.37. The van der Waals surface area contributed by atoms with Crippen LogP contribution in [-0.4, -0.2) is 58.2 Å². The molecule has 174 valence electrons. The van der Waals surface area contributed by atoms with Crippen molar-refractivity contribution in [3.8, 4) is 39.7 Å². The average molecular weight is 479 g/mol. The molecule has 0 atom stereocenters. The van der Waals surface area contributed by atoms with Crippen molar-refractivity contribution >= 4 is 17.6 Å². The van der Waals surface area contributed by atoms with E-state index in [4.69, 9.17) is 21.3 Å². The molecule has 0 bridgehead atoms. The van der Waals surface area contributed by atoms with Crippen molar-refractivity contribution in [2.45, 2.75) is 0 Å². The van der Waals surface area contributed by atoms with E-state index in [0.717, 1.165) is 17.9 Å². The van der Waals surface area contributed by atoms with Crippen molar-refractivity contribution in [3.05, 3.63) is 81.7 Å². The number of pyridine rings is 1. The first-order valence-corrected chi connectivity index (χ1v) is 10.9. The van der Waals surface area contributed by atoms with Gasteiger partial charge in [0.25, 0.3) is 0 Å². The lowest BCUT2D eigenvalue weighted by atomic mass is 10.0. The zero-order valence-electron chi connectivity index (χ0n) is 18.6. The maximum atomic E-state index is 12.0. The monoisotopic (exact) mass is 478 g/mol. The van der Waals surface area contributed by atoms with Crippen molar-refractivity contribution < 1.29 is 14.6 Å². The molecule has 0 radical (unpaired) electrons. The number of hydrogen-bond acceptors (Lipinski definition) is 5. The SMILES string of the molecule is CN(C)CCOc1ccc(-c2nc(-c3cc[nH]c(=O)c3)c(-c3cccc(C(=O)O)c3Cl)[nH]2)cc1. The fourth-order valence-electron chi connectivity index (χ4n) is 3.45. The summed E-state index contributed by atoms with van der Waals surface area (Å²) in [6, 6.07) is 15.4. The summed E-state index contributed by atoms with van der Waals surface area (Å²) in [5.41, 5.74) is 2.53. The maximum absolute atomic E-state index is 12.0. The van der Waals surface area contributed by atoms with E-state index < -0.39 is 5.97 Å². The van der Waals surface area contributed by atoms with Crippen LogP contribution >= 0.6 is 11.6 Å². The molecule has 0 unspecified atom stereocenters. The highest BCUT2D eigenvalue weighted by atomic mass is 35.5. The number of aromatic carboxylic acids is 1. The average Bonchev–Trinajstić information content (AvgIpc) is 3.24. The van der Waals surface area contributed by atoms with E-state index in [0.29, 0.717) is 34.9 Å². The van der Waals surface area contributed by atoms with E-state index in [-0.39, 0.29) is 16.1 Å². The van der Waals surface area contributed by atoms with E-state index in [2.05, 4.69) is 9.97 Å². The molecule has 2 aromatic heterocycles. The Hall–Kier alpha value is -3.88. The summed E-state index contributed by atoms with van der Waals surface area (Å²) in [4.78, 5) is 36.2. The Labute approximate surface area is 200 Å². The molecule has 4 aromatic rings. The minimum Gasteiger partial charge on any atom is -0.492 e. The third kappa shape index (κ3) is 5.03. The van der Waals surface area contributed by atoms with Gasteiger partial charge in [0.15, 0.2) is 0 Å². The van der Waals surface area contributed by atoms with Crippen LogP contribution in [0.4, 0.5) is 0 Å². The Morgan fingerprint density at radius 3 is 2.56 bits per heavy atom. The van der Waals surface area contributed by atoms with Crippen LogP contribution in [0.15, 0.2) is 65.6 Å². The second-order valence-corrected chi connectivity index (χ2v) is 8.28. The van der Waals surface area contributed by atoms with Crippen molar-refractivity contribution in [1.82, 2.24) is 19.9 Å². The normalized spacial score (nSPS) is 11.1. The van der Waals surface area contributed by atoms with Gasteiger partial charge < -0.3 is 24.7 Å². The van der Waals surface area contributed by atoms with Crippen LogP contribution in [0, 0.1) is 0 Å². The highest BCUT2D eigenvalue weighted by molar-refractivity contribution is 6.36. The standard InChI is InChI=1S/C25H23ClN4O4/c1-30(2)12-13-34-17-8-6-15(7-9-17)24-28-22(16-10-11-27-20(31)14-16)23(29-24)18-4-3-5-19(21(18)26)25(32)33/h3-11,14H,12-13H2,1-2H3,(H,27,31)(H,28,29)(H,32,33). The first kappa shape index (κ1) is 23.3. The molecule has 0 aliphatic rings. The summed E-state index contributed by atoms with van der Waals surface area (Å²) in [7, 11) is 3.97. The van der Waals surface area contributed by atoms with Crippen LogP contribution in [0.3, 0.4) is 0 Å². The van der Waals surface area contributed by atoms with E-state index in [1.807, 2.05) is 43.3 Å². The van der Waals surface area contributed by atoms with Gasteiger partial charge in [-0.2, -0.15) is 0 Å². The number of benzene rings is 2. The highest BCUT2D eigenvalue weighted by Gasteiger charge is 2.20. The number of hydrogen-bond donors (Lipinski definition) is 3. The Balaban J connectivity index is 1.77. The summed E-state index contributed by atoms with van der Waals surface area (Å²) >= 11 is 6.46. The summed E-state index contributed by atoms with van der Waals surface area (Å²) in [6.45, 7) is 1.38. The van der Waals surface area contributed by atoms with Gasteiger partial charge in [0.1, 0.15) is 18.2 Å². The topological polar surface area (TPSA) is 111 Å². The molecule has 0 saturated heterocycles. The Morgan fingerprint density at radius 1 is 1.12 bits per heavy atom. The van der Waals surface area contributed by atoms with Gasteiger partial charge in [-0.3, -0.25) is 4.79 Å². The third-order valence-corrected chi connectivity index (χ3v) is 5.59. The predicted octanol–water partition coefficient (Wildman–Crippen LogP) is 4.39. The van der Waals surface area contributed by atoms with Gasteiger partial charge in [-0.15, -0.1) is 0 Å². The number of nitrogens with zero attached hydrogens (tertiary/aromatic N) is 2. The summed E-state index contributed by atoms with van der Waals surface area (Å²) in [6.07, 6.45) is 1.53. The van der Waals surface area contributed by atoms with E-state index in [9.17, 15) is 14.7 Å². The first-order chi connectivity index (χ1) is 16.3. The van der Waals surface area contributed by atoms with Gasteiger partial charge in [-0.25, -0.2) is 9.78 Å². The van der Waals surface area contributed by atoms with Crippen molar-refractivity contribution in [2.24, 2.45) is 0 Å². The first-order valence-electron chi connectivity index (χ1n) is 10.5. The smallest absolute Gasteiger partial charge is 0.337 e. The number of imidazole rings is 1. The van der Waals surface area contributed by atoms with Crippen LogP contribution in [0.5, 0.6) is 5.75 Å². The molecular weight excluding hydrogens is 456 g/mol. The number of likely N-dealkylation sites (N-methyl/N-ethyl adjacent to an activating group) is 1. The van der Waals surface area contributed by atoms with Crippen LogP contribution < -0.4 is 10.3 Å². The third-order valence-electron chi connectivity index (χ3n) is 5.19. The molecule has 9 heteroatoms. The van der Waals surface area contributed by atoms with Crippen molar-refractivity contribution in [3.63, 3.8) is 0 Å². The van der Waals surface area contributed by atoms with E-state index >= 15 is 0 Å². The number of aromatic amines is 2. The Kier molecular flexibility index (Phi) is 6.81. The van der Waals surface area contributed by atoms with Gasteiger partial charge in [0.05, 0.1) is 22.0 Å². The molecule has 0 aliphatic carbocycles. The molecule has 2 heterocycles. The number of ether oxygens (including phenoxy) is 1. The second-order valence-electron chi connectivity index (χ2n) is 7.90. The van der Waals surface area contributed by atoms with Crippen molar-refractivity contribution in [1.29, 1.82) is 0 Å². The number of carboxylic acids is 1. The fraction of sp³-hybridized carbons (Fsp3) is 0.160. The summed E-state index contributed by atoms with van der Waals surface area (Å²) in [5, 5.41) is 9.57. The van der Waals surface area contributed by atoms with Crippen LogP contribution in [0.2, 0.25) is 5.02 Å². The molecule has 34 heavy (non-hydrogen) atoms. The lowest BCUT2D eigenvalue weighted by Gasteiger charge is -2.11. The Morgan fingerprint density at radius 2 is 1.88 bits per heavy atom. The van der Waals surface area contributed by atoms with Gasteiger partial charge in [-0.1, -0.05) is 23.7 Å². The summed E-state index contributed by atoms with van der Waals surface area (Å²) in [5.74, 6) is 0.153. The minimum atomic E-state index is -1.13. The molecule has 0 spiro atoms. The molecule has 2 aromatic carbocycles. The molecule has 3 N–H and O–H groups in total. The number of halogens is 1. The molecule has 0 fully saturated rings. The van der Waals surface area contributed by atoms with Gasteiger partial charge in [0.2, 0.25) is 5.56 Å². The molecule has 8 nitrogen and oxygen atoms in total. The zero-order valence-corrected chi connectivity index (χ0v) is 19.4. The van der Waals surface area contributed by atoms with Crippen LogP contribution in [0.25, 0.3) is 33.9 Å². The van der Waals surface area contributed by atoms with Gasteiger partial charge >= 0.3 is 5.97 Å². The molecular formula is C25H23ClN4O4. The van der Waals surface area contributed by atoms with E-state index in [1.54, 1.807) is 18.2 Å². The lowest BCUT2D eigenvalue weighted by molar-refractivity contribution is 0.0697. The van der Waals surface area contributed by atoms with Crippen LogP contribution in [-0.2, 0) is 0 Å². The quantitative estimate of drug-likeness (QED) is 0.346. The number of rotatable bonds is 8.